The molecule has 3 fully saturated rings. The number of imide groups is 1. The molecule has 0 aromatic heterocycles. The van der Waals surface area contributed by atoms with Crippen molar-refractivity contribution in [1.82, 2.24) is 0 Å². The number of hydrogen-bond donors (Lipinski definition) is 0. The fourth-order valence-corrected chi connectivity index (χ4v) is 5.60. The number of benzene rings is 2. The highest BCUT2D eigenvalue weighted by atomic mass is 16.5. The maximum atomic E-state index is 13.0. The third kappa shape index (κ3) is 3.27. The van der Waals surface area contributed by atoms with Crippen LogP contribution >= 0.6 is 0 Å². The van der Waals surface area contributed by atoms with Gasteiger partial charge in [0.15, 0.2) is 0 Å². The van der Waals surface area contributed by atoms with E-state index in [0.717, 1.165) is 24.8 Å². The number of anilines is 1. The van der Waals surface area contributed by atoms with Gasteiger partial charge in [0, 0.05) is 0 Å². The van der Waals surface area contributed by atoms with Crippen LogP contribution in [0.4, 0.5) is 5.69 Å². The molecule has 1 aliphatic heterocycles. The first kappa shape index (κ1) is 20.0. The Morgan fingerprint density at radius 3 is 1.94 bits per heavy atom. The second kappa shape index (κ2) is 7.04. The fraction of sp³-hybridized carbons (Fsp3) is 0.423. The van der Waals surface area contributed by atoms with Crippen molar-refractivity contribution in [3.05, 3.63) is 59.7 Å². The topological polar surface area (TPSA) is 63.7 Å². The van der Waals surface area contributed by atoms with E-state index in [1.165, 1.54) is 4.90 Å². The molecule has 0 N–H and O–H groups in total. The zero-order valence-corrected chi connectivity index (χ0v) is 18.1. The summed E-state index contributed by atoms with van der Waals surface area (Å²) in [4.78, 5) is 39.8. The Morgan fingerprint density at radius 2 is 1.42 bits per heavy atom. The summed E-state index contributed by atoms with van der Waals surface area (Å²) in [6, 6.07) is 14.1. The van der Waals surface area contributed by atoms with E-state index in [4.69, 9.17) is 4.74 Å². The van der Waals surface area contributed by atoms with Gasteiger partial charge in [-0.15, -0.1) is 0 Å². The average molecular weight is 418 g/mol. The number of amides is 2. The van der Waals surface area contributed by atoms with Crippen LogP contribution in [0.2, 0.25) is 0 Å². The molecule has 31 heavy (non-hydrogen) atoms. The van der Waals surface area contributed by atoms with Crippen molar-refractivity contribution < 1.29 is 19.1 Å². The Morgan fingerprint density at radius 1 is 0.871 bits per heavy atom. The highest BCUT2D eigenvalue weighted by molar-refractivity contribution is 6.22. The predicted molar refractivity (Wildman–Crippen MR) is 117 cm³/mol. The van der Waals surface area contributed by atoms with Crippen molar-refractivity contribution in [3.63, 3.8) is 0 Å². The van der Waals surface area contributed by atoms with Gasteiger partial charge >= 0.3 is 5.97 Å². The average Bonchev–Trinajstić information content (AvgIpc) is 3.42. The lowest BCUT2D eigenvalue weighted by Gasteiger charge is -2.19. The molecular weight excluding hydrogens is 390 g/mol. The number of esters is 1. The summed E-state index contributed by atoms with van der Waals surface area (Å²) in [5.74, 6) is 0.289. The number of hydrogen-bond acceptors (Lipinski definition) is 4. The highest BCUT2D eigenvalue weighted by Gasteiger charge is 2.61. The van der Waals surface area contributed by atoms with Crippen molar-refractivity contribution in [2.75, 3.05) is 4.90 Å². The molecule has 2 aromatic carbocycles. The standard InChI is InChI=1S/C26H27NO4/c1-26(2,3)18-8-12-20(13-9-18)31-25(30)15-6-10-19(11-7-15)27-23(28)21-16-4-5-17(14-16)22(21)24(27)29/h6-13,16-17,21-22H,4-5,14H2,1-3H3/t16-,17+,21+,22-. The lowest BCUT2D eigenvalue weighted by molar-refractivity contribution is -0.123. The maximum Gasteiger partial charge on any atom is 0.343 e. The fourth-order valence-electron chi connectivity index (χ4n) is 5.60. The van der Waals surface area contributed by atoms with Gasteiger partial charge < -0.3 is 4.74 Å². The molecule has 0 spiro atoms. The lowest BCUT2D eigenvalue weighted by Crippen LogP contribution is -2.32. The van der Waals surface area contributed by atoms with E-state index in [2.05, 4.69) is 20.8 Å². The van der Waals surface area contributed by atoms with Crippen molar-refractivity contribution in [1.29, 1.82) is 0 Å². The summed E-state index contributed by atoms with van der Waals surface area (Å²) in [5.41, 5.74) is 2.11. The van der Waals surface area contributed by atoms with Gasteiger partial charge in [0.25, 0.3) is 0 Å². The van der Waals surface area contributed by atoms with E-state index < -0.39 is 5.97 Å². The maximum absolute atomic E-state index is 13.0. The molecule has 0 unspecified atom stereocenters. The molecular formula is C26H27NO4. The smallest absolute Gasteiger partial charge is 0.343 e. The van der Waals surface area contributed by atoms with Crippen molar-refractivity contribution in [2.45, 2.75) is 45.4 Å². The predicted octanol–water partition coefficient (Wildman–Crippen LogP) is 4.74. The van der Waals surface area contributed by atoms with Crippen LogP contribution in [0.5, 0.6) is 5.75 Å². The minimum atomic E-state index is -0.468. The Balaban J connectivity index is 1.30. The minimum absolute atomic E-state index is 0.0286. The summed E-state index contributed by atoms with van der Waals surface area (Å²) < 4.78 is 5.49. The van der Waals surface area contributed by atoms with Gasteiger partial charge in [-0.2, -0.15) is 0 Å². The van der Waals surface area contributed by atoms with Crippen LogP contribution in [0, 0.1) is 23.7 Å². The van der Waals surface area contributed by atoms with Gasteiger partial charge in [0.1, 0.15) is 5.75 Å². The van der Waals surface area contributed by atoms with Gasteiger partial charge in [-0.05, 0) is 78.5 Å². The molecule has 5 heteroatoms. The van der Waals surface area contributed by atoms with Crippen LogP contribution in [-0.4, -0.2) is 17.8 Å². The Labute approximate surface area is 182 Å². The molecule has 4 atom stereocenters. The molecule has 0 radical (unpaired) electrons. The molecule has 1 heterocycles. The largest absolute Gasteiger partial charge is 0.423 e. The number of fused-ring (bicyclic) bond motifs is 5. The van der Waals surface area contributed by atoms with Crippen LogP contribution in [0.25, 0.3) is 0 Å². The lowest BCUT2D eigenvalue weighted by atomic mass is 9.81. The molecule has 5 nitrogen and oxygen atoms in total. The number of carbonyl (C=O) groups is 3. The zero-order valence-electron chi connectivity index (χ0n) is 18.1. The first-order valence-corrected chi connectivity index (χ1v) is 11.0. The third-order valence-electron chi connectivity index (χ3n) is 7.22. The Bertz CT molecular complexity index is 1020. The molecule has 5 rings (SSSR count). The van der Waals surface area contributed by atoms with Crippen molar-refractivity contribution in [3.8, 4) is 5.75 Å². The Kier molecular flexibility index (Phi) is 4.54. The summed E-state index contributed by atoms with van der Waals surface area (Å²) in [5, 5.41) is 0. The molecule has 2 saturated carbocycles. The highest BCUT2D eigenvalue weighted by Crippen LogP contribution is 2.56. The second-order valence-electron chi connectivity index (χ2n) is 10.1. The first-order chi connectivity index (χ1) is 14.7. The number of nitrogens with zero attached hydrogens (tertiary/aromatic N) is 1. The Hall–Kier alpha value is -2.95. The van der Waals surface area contributed by atoms with Crippen LogP contribution in [0.1, 0.15) is 56.0 Å². The van der Waals surface area contributed by atoms with Crippen LogP contribution in [-0.2, 0) is 15.0 Å². The third-order valence-corrected chi connectivity index (χ3v) is 7.22. The van der Waals surface area contributed by atoms with Crippen molar-refractivity contribution >= 4 is 23.5 Å². The summed E-state index contributed by atoms with van der Waals surface area (Å²) in [6.07, 6.45) is 3.13. The molecule has 1 saturated heterocycles. The summed E-state index contributed by atoms with van der Waals surface area (Å²) in [7, 11) is 0. The number of rotatable bonds is 3. The van der Waals surface area contributed by atoms with Crippen LogP contribution in [0.15, 0.2) is 48.5 Å². The van der Waals surface area contributed by atoms with Crippen LogP contribution in [0.3, 0.4) is 0 Å². The molecule has 2 bridgehead atoms. The van der Waals surface area contributed by atoms with Gasteiger partial charge in [-0.3, -0.25) is 14.5 Å². The van der Waals surface area contributed by atoms with Crippen LogP contribution < -0.4 is 9.64 Å². The SMILES string of the molecule is CC(C)(C)c1ccc(OC(=O)c2ccc(N3C(=O)[C@@H]4[C@H]5CC[C@H](C5)[C@@H]4C3=O)cc2)cc1. The van der Waals surface area contributed by atoms with Crippen molar-refractivity contribution in [2.24, 2.45) is 23.7 Å². The second-order valence-corrected chi connectivity index (χ2v) is 10.1. The molecule has 2 aliphatic carbocycles. The van der Waals surface area contributed by atoms with E-state index in [9.17, 15) is 14.4 Å². The van der Waals surface area contributed by atoms with Gasteiger partial charge in [0.05, 0.1) is 23.1 Å². The normalized spacial score (nSPS) is 27.0. The number of ether oxygens (including phenoxy) is 1. The van der Waals surface area contributed by atoms with Gasteiger partial charge in [-0.1, -0.05) is 32.9 Å². The van der Waals surface area contributed by atoms with E-state index in [1.807, 2.05) is 12.1 Å². The number of carbonyl (C=O) groups excluding carboxylic acids is 3. The van der Waals surface area contributed by atoms with E-state index in [0.29, 0.717) is 28.8 Å². The van der Waals surface area contributed by atoms with E-state index >= 15 is 0 Å². The first-order valence-electron chi connectivity index (χ1n) is 11.0. The van der Waals surface area contributed by atoms with E-state index in [1.54, 1.807) is 36.4 Å². The molecule has 2 amide bonds. The summed E-state index contributed by atoms with van der Waals surface area (Å²) >= 11 is 0. The van der Waals surface area contributed by atoms with E-state index in [-0.39, 0.29) is 29.1 Å². The minimum Gasteiger partial charge on any atom is -0.423 e. The molecule has 160 valence electrons. The van der Waals surface area contributed by atoms with Gasteiger partial charge in [-0.25, -0.2) is 4.79 Å². The molecule has 3 aliphatic rings. The zero-order chi connectivity index (χ0) is 21.9. The quantitative estimate of drug-likeness (QED) is 0.411. The van der Waals surface area contributed by atoms with Gasteiger partial charge in [0.2, 0.25) is 11.8 Å². The summed E-state index contributed by atoms with van der Waals surface area (Å²) in [6.45, 7) is 6.39. The monoisotopic (exact) mass is 417 g/mol. The molecule has 2 aromatic rings.